The molecule has 0 atom stereocenters. The monoisotopic (exact) mass is 734 g/mol. The van der Waals surface area contributed by atoms with Gasteiger partial charge in [0.2, 0.25) is 0 Å². The molecule has 2 nitrogen and oxygen atoms in total. The molecule has 0 fully saturated rings. The van der Waals surface area contributed by atoms with Crippen molar-refractivity contribution in [1.82, 2.24) is 9.13 Å². The minimum Gasteiger partial charge on any atom is -0.309 e. The molecular formula is C56H34N2. The summed E-state index contributed by atoms with van der Waals surface area (Å²) in [5, 5.41) is 17.8. The first-order valence-corrected chi connectivity index (χ1v) is 20.1. The lowest BCUT2D eigenvalue weighted by molar-refractivity contribution is 1.19. The third-order valence-electron chi connectivity index (χ3n) is 12.6. The fourth-order valence-corrected chi connectivity index (χ4v) is 10.1. The average Bonchev–Trinajstić information content (AvgIpc) is 3.80. The van der Waals surface area contributed by atoms with Crippen molar-refractivity contribution in [2.24, 2.45) is 0 Å². The van der Waals surface area contributed by atoms with Crippen molar-refractivity contribution in [2.75, 3.05) is 0 Å². The van der Waals surface area contributed by atoms with Crippen molar-refractivity contribution in [1.29, 1.82) is 0 Å². The number of fused-ring (bicyclic) bond motifs is 15. The Morgan fingerprint density at radius 3 is 1.34 bits per heavy atom. The third-order valence-corrected chi connectivity index (χ3v) is 12.6. The summed E-state index contributed by atoms with van der Waals surface area (Å²) in [5.41, 5.74) is 9.63. The van der Waals surface area contributed by atoms with Gasteiger partial charge in [0.1, 0.15) is 0 Å². The summed E-state index contributed by atoms with van der Waals surface area (Å²) in [6, 6.07) is 76.3. The Morgan fingerprint density at radius 1 is 0.241 bits per heavy atom. The van der Waals surface area contributed by atoms with E-state index < -0.39 is 0 Å². The van der Waals surface area contributed by atoms with Crippen LogP contribution in [-0.4, -0.2) is 9.13 Å². The predicted molar refractivity (Wildman–Crippen MR) is 248 cm³/mol. The normalized spacial score (nSPS) is 12.1. The van der Waals surface area contributed by atoms with E-state index in [-0.39, 0.29) is 0 Å². The van der Waals surface area contributed by atoms with E-state index in [1.165, 1.54) is 120 Å². The van der Waals surface area contributed by atoms with Gasteiger partial charge in [-0.2, -0.15) is 0 Å². The van der Waals surface area contributed by atoms with Gasteiger partial charge in [0.25, 0.3) is 0 Å². The minimum atomic E-state index is 1.18. The van der Waals surface area contributed by atoms with Crippen molar-refractivity contribution >= 4 is 97.5 Å². The van der Waals surface area contributed by atoms with Gasteiger partial charge in [-0.25, -0.2) is 0 Å². The van der Waals surface area contributed by atoms with Crippen LogP contribution >= 0.6 is 0 Å². The zero-order valence-electron chi connectivity index (χ0n) is 31.5. The highest BCUT2D eigenvalue weighted by Crippen LogP contribution is 2.44. The van der Waals surface area contributed by atoms with Crippen LogP contribution in [0.2, 0.25) is 0 Å². The Morgan fingerprint density at radius 2 is 0.690 bits per heavy atom. The molecule has 0 saturated heterocycles. The molecule has 0 amide bonds. The van der Waals surface area contributed by atoms with Crippen LogP contribution in [0.25, 0.3) is 120 Å². The van der Waals surface area contributed by atoms with Gasteiger partial charge in [-0.05, 0) is 114 Å². The largest absolute Gasteiger partial charge is 0.309 e. The second kappa shape index (κ2) is 11.9. The van der Waals surface area contributed by atoms with Crippen LogP contribution in [0.15, 0.2) is 206 Å². The van der Waals surface area contributed by atoms with Gasteiger partial charge in [-0.1, -0.05) is 152 Å². The van der Waals surface area contributed by atoms with Gasteiger partial charge in [0.05, 0.1) is 27.8 Å². The van der Waals surface area contributed by atoms with Crippen LogP contribution in [0, 0.1) is 0 Å². The second-order valence-electron chi connectivity index (χ2n) is 15.7. The Kier molecular flexibility index (Phi) is 6.47. The number of aromatic nitrogens is 2. The van der Waals surface area contributed by atoms with Gasteiger partial charge < -0.3 is 9.13 Å². The van der Waals surface area contributed by atoms with Crippen LogP contribution < -0.4 is 0 Å². The maximum atomic E-state index is 2.50. The van der Waals surface area contributed by atoms with Gasteiger partial charge >= 0.3 is 0 Å². The van der Waals surface area contributed by atoms with Crippen LogP contribution in [0.1, 0.15) is 0 Å². The summed E-state index contributed by atoms with van der Waals surface area (Å²) in [6.45, 7) is 0. The molecular weight excluding hydrogens is 701 g/mol. The lowest BCUT2D eigenvalue weighted by Gasteiger charge is -2.17. The van der Waals surface area contributed by atoms with Crippen LogP contribution in [0.5, 0.6) is 0 Å². The smallest absolute Gasteiger partial charge is 0.0547 e. The highest BCUT2D eigenvalue weighted by molar-refractivity contribution is 6.32. The molecule has 0 aliphatic carbocycles. The molecule has 0 aliphatic rings. The lowest BCUT2D eigenvalue weighted by atomic mass is 9.90. The van der Waals surface area contributed by atoms with E-state index in [0.29, 0.717) is 0 Å². The summed E-state index contributed by atoms with van der Waals surface area (Å²) < 4.78 is 4.91. The first-order chi connectivity index (χ1) is 28.8. The molecule has 2 heteroatoms. The molecule has 2 heterocycles. The van der Waals surface area contributed by atoms with Crippen LogP contribution in [-0.2, 0) is 0 Å². The van der Waals surface area contributed by atoms with Crippen molar-refractivity contribution in [2.45, 2.75) is 0 Å². The highest BCUT2D eigenvalue weighted by Gasteiger charge is 2.20. The summed E-state index contributed by atoms with van der Waals surface area (Å²) >= 11 is 0. The quantitative estimate of drug-likeness (QED) is 0.160. The summed E-state index contributed by atoms with van der Waals surface area (Å²) in [6.07, 6.45) is 0. The summed E-state index contributed by atoms with van der Waals surface area (Å²) in [7, 11) is 0. The standard InChI is InChI=1S/C56H34N2/c1-2-14-36-31-39(28-25-35(36)13-1)57-51-23-11-9-19-44(51)48-32-37(26-29-53(48)57)38-27-30-54-49(33-38)45-20-10-12-24-52(45)58(54)55-34-50-42-17-4-3-15-40(42)41-16-5-7-21-46(41)56(50)47-22-8-6-18-43(47)55/h1-34H. The molecule has 0 radical (unpaired) electrons. The van der Waals surface area contributed by atoms with E-state index in [2.05, 4.69) is 215 Å². The maximum absolute atomic E-state index is 2.50. The first-order valence-electron chi connectivity index (χ1n) is 20.1. The maximum Gasteiger partial charge on any atom is 0.0547 e. The average molecular weight is 735 g/mol. The Balaban J connectivity index is 1.04. The topological polar surface area (TPSA) is 9.86 Å². The second-order valence-corrected chi connectivity index (χ2v) is 15.7. The van der Waals surface area contributed by atoms with Crippen LogP contribution in [0.4, 0.5) is 0 Å². The van der Waals surface area contributed by atoms with Crippen molar-refractivity contribution in [3.63, 3.8) is 0 Å². The third kappa shape index (κ3) is 4.37. The van der Waals surface area contributed by atoms with Crippen molar-refractivity contribution < 1.29 is 0 Å². The molecule has 58 heavy (non-hydrogen) atoms. The van der Waals surface area contributed by atoms with Gasteiger partial charge in [-0.3, -0.25) is 0 Å². The zero-order valence-corrected chi connectivity index (χ0v) is 31.5. The zero-order chi connectivity index (χ0) is 37.9. The summed E-state index contributed by atoms with van der Waals surface area (Å²) in [4.78, 5) is 0. The molecule has 0 saturated carbocycles. The Bertz CT molecular complexity index is 3860. The molecule has 11 aromatic carbocycles. The molecule has 268 valence electrons. The fourth-order valence-electron chi connectivity index (χ4n) is 10.1. The first kappa shape index (κ1) is 31.5. The van der Waals surface area contributed by atoms with E-state index in [9.17, 15) is 0 Å². The number of hydrogen-bond acceptors (Lipinski definition) is 0. The van der Waals surface area contributed by atoms with E-state index in [4.69, 9.17) is 0 Å². The minimum absolute atomic E-state index is 1.18. The predicted octanol–water partition coefficient (Wildman–Crippen LogP) is 15.3. The van der Waals surface area contributed by atoms with E-state index in [0.717, 1.165) is 0 Å². The highest BCUT2D eigenvalue weighted by atomic mass is 15.0. The van der Waals surface area contributed by atoms with Crippen LogP contribution in [0.3, 0.4) is 0 Å². The van der Waals surface area contributed by atoms with Crippen molar-refractivity contribution in [3.05, 3.63) is 206 Å². The molecule has 13 rings (SSSR count). The van der Waals surface area contributed by atoms with Gasteiger partial charge in [0, 0.05) is 32.6 Å². The number of para-hydroxylation sites is 2. The van der Waals surface area contributed by atoms with E-state index in [1.54, 1.807) is 0 Å². The number of nitrogens with zero attached hydrogens (tertiary/aromatic N) is 2. The molecule has 0 unspecified atom stereocenters. The van der Waals surface area contributed by atoms with E-state index >= 15 is 0 Å². The lowest BCUT2D eigenvalue weighted by Crippen LogP contribution is -1.97. The molecule has 0 N–H and O–H groups in total. The van der Waals surface area contributed by atoms with Crippen molar-refractivity contribution in [3.8, 4) is 22.5 Å². The number of rotatable bonds is 3. The molecule has 0 aliphatic heterocycles. The molecule has 0 spiro atoms. The van der Waals surface area contributed by atoms with E-state index in [1.807, 2.05) is 0 Å². The fraction of sp³-hybridized carbons (Fsp3) is 0. The molecule has 0 bridgehead atoms. The van der Waals surface area contributed by atoms with Gasteiger partial charge in [0.15, 0.2) is 0 Å². The number of benzene rings is 11. The molecule has 13 aromatic rings. The number of hydrogen-bond donors (Lipinski definition) is 0. The Labute approximate surface area is 334 Å². The Hall–Kier alpha value is -7.68. The summed E-state index contributed by atoms with van der Waals surface area (Å²) in [5.74, 6) is 0. The van der Waals surface area contributed by atoms with Gasteiger partial charge in [-0.15, -0.1) is 0 Å². The molecule has 2 aromatic heterocycles. The SMILES string of the molecule is c1ccc2cc(-n3c4ccccc4c4cc(-c5ccc6c(c5)c5ccccc5n6-c5cc6c7ccccc7c7ccccc7c6c6ccccc56)ccc43)ccc2c1.